The van der Waals surface area contributed by atoms with Gasteiger partial charge in [-0.25, -0.2) is 0 Å². The van der Waals surface area contributed by atoms with Gasteiger partial charge in [-0.1, -0.05) is 0 Å². The third-order valence-corrected chi connectivity index (χ3v) is 8.59. The Balaban J connectivity index is 0.00000441. The van der Waals surface area contributed by atoms with E-state index in [1.807, 2.05) is 38.1 Å². The number of benzene rings is 1. The zero-order valence-corrected chi connectivity index (χ0v) is 27.9. The van der Waals surface area contributed by atoms with Crippen molar-refractivity contribution in [1.29, 1.82) is 0 Å². The van der Waals surface area contributed by atoms with Gasteiger partial charge in [0.1, 0.15) is 0 Å². The van der Waals surface area contributed by atoms with Crippen molar-refractivity contribution in [2.75, 3.05) is 29.9 Å². The molecule has 1 aromatic rings. The second-order valence-corrected chi connectivity index (χ2v) is 12.1. The third kappa shape index (κ3) is 11.8. The van der Waals surface area contributed by atoms with E-state index < -0.39 is 26.8 Å². The molecule has 8 heteroatoms. The quantitative estimate of drug-likeness (QED) is 0.125. The van der Waals surface area contributed by atoms with Gasteiger partial charge in [0, 0.05) is 0 Å². The van der Waals surface area contributed by atoms with Crippen LogP contribution in [0, 0.1) is 21.3 Å². The van der Waals surface area contributed by atoms with Crippen LogP contribution in [0.3, 0.4) is 0 Å². The summed E-state index contributed by atoms with van der Waals surface area (Å²) in [7, 11) is 0. The second kappa shape index (κ2) is 19.1. The van der Waals surface area contributed by atoms with Crippen LogP contribution in [0.25, 0.3) is 0 Å². The van der Waals surface area contributed by atoms with Crippen molar-refractivity contribution in [1.82, 2.24) is 5.32 Å². The predicted octanol–water partition coefficient (Wildman–Crippen LogP) is 0.700. The van der Waals surface area contributed by atoms with Crippen LogP contribution in [0.1, 0.15) is 46.0 Å². The summed E-state index contributed by atoms with van der Waals surface area (Å²) in [4.78, 5) is 20.1. The van der Waals surface area contributed by atoms with E-state index in [1.165, 1.54) is 5.57 Å². The fraction of sp³-hybridized carbons (Fsp3) is 0.324. The summed E-state index contributed by atoms with van der Waals surface area (Å²) in [6.45, 7) is 17.0. The van der Waals surface area contributed by atoms with E-state index in [0.29, 0.717) is 31.6 Å². The number of carbonyl (C=O) groups is 1. The molecule has 1 aliphatic carbocycles. The first kappa shape index (κ1) is 37.7. The maximum absolute atomic E-state index is 13.0. The molecule has 0 spiro atoms. The minimum Gasteiger partial charge on any atom is -0.358 e. The Kier molecular flexibility index (Phi) is 17.1. The van der Waals surface area contributed by atoms with Crippen LogP contribution in [0.5, 0.6) is 0 Å². The van der Waals surface area contributed by atoms with Gasteiger partial charge >= 0.3 is 251 Å². The van der Waals surface area contributed by atoms with Crippen molar-refractivity contribution in [3.05, 3.63) is 113 Å². The third-order valence-electron chi connectivity index (χ3n) is 6.66. The molecule has 0 bridgehead atoms. The van der Waals surface area contributed by atoms with Gasteiger partial charge in [-0.2, -0.15) is 0 Å². The van der Waals surface area contributed by atoms with Crippen LogP contribution in [0.4, 0.5) is 11.4 Å². The van der Waals surface area contributed by atoms with Crippen molar-refractivity contribution in [3.63, 3.8) is 0 Å². The van der Waals surface area contributed by atoms with Crippen molar-refractivity contribution in [3.8, 4) is 0 Å². The first-order valence-electron chi connectivity index (χ1n) is 13.7. The molecular weight excluding hydrogens is 630 g/mol. The average molecular weight is 676 g/mol. The van der Waals surface area contributed by atoms with E-state index in [2.05, 4.69) is 68.4 Å². The monoisotopic (exact) mass is 675 g/mol. The molecule has 0 saturated heterocycles. The molecule has 0 aromatic heterocycles. The number of hydrogen-bond acceptors (Lipinski definition) is 5. The first-order chi connectivity index (χ1) is 19.2. The number of aliphatic imine (C=N–C) groups is 1. The minimum atomic E-state index is -0.835. The van der Waals surface area contributed by atoms with Gasteiger partial charge in [0.15, 0.2) is 0 Å². The van der Waals surface area contributed by atoms with Crippen LogP contribution < -0.4 is 55.6 Å². The molecule has 2 aliphatic rings. The van der Waals surface area contributed by atoms with Gasteiger partial charge in [0.25, 0.3) is 0 Å². The molecule has 0 atom stereocenters. The fourth-order valence-electron chi connectivity index (χ4n) is 4.40. The molecule has 1 heterocycles. The molecule has 6 nitrogen and oxygen atoms in total. The molecule has 224 valence electrons. The Bertz CT molecular complexity index is 1220. The SMILES string of the molecule is C=CCNC(=O)C1=C[I-]C=C(Nc2ccc(N(C[CH2-])C[CH2-])cc2)N=C1CCC\C1=C/C=C\C(C(C)(C)O)=C/CC1.[CH3-].[Li+]. The molecule has 0 saturated carbocycles. The van der Waals surface area contributed by atoms with Crippen molar-refractivity contribution in [2.24, 2.45) is 4.99 Å². The zero-order chi connectivity index (χ0) is 29.0. The summed E-state index contributed by atoms with van der Waals surface area (Å²) in [6, 6.07) is 8.17. The average Bonchev–Trinajstić information content (AvgIpc) is 3.11. The number of allylic oxidation sites excluding steroid dienone is 4. The summed E-state index contributed by atoms with van der Waals surface area (Å²) >= 11 is -0.500. The second-order valence-electron chi connectivity index (χ2n) is 10.2. The molecule has 0 unspecified atom stereocenters. The van der Waals surface area contributed by atoms with Gasteiger partial charge in [-0.15, -0.1) is 0 Å². The minimum absolute atomic E-state index is 0. The standard InChI is InChI=1S/C33H42IN4O2.CH3.Li/c1-6-22-35-32(39)29-23-34-24-31(36-27-18-20-28(21-19-27)38(7-2)8-3)37-30(29)17-11-14-25-12-9-15-26(16-10-13-25)33(4,5)40;;/h6,9,12,15-16,18-21,23-24,36,40H,1-3,7-8,10-11,13-14,17,22H2,4-5H3,(H,35,39);1H3;/q-3;-1;+1/b15-9-,25-12-,26-16+;;. The normalized spacial score (nSPS) is 18.5. The van der Waals surface area contributed by atoms with Crippen molar-refractivity contribution in [2.45, 2.75) is 51.6 Å². The molecule has 0 radical (unpaired) electrons. The Labute approximate surface area is 276 Å². The summed E-state index contributed by atoms with van der Waals surface area (Å²) in [5.41, 5.74) is 4.97. The number of nitrogens with zero attached hydrogens (tertiary/aromatic N) is 2. The zero-order valence-electron chi connectivity index (χ0n) is 25.8. The number of hydrogen-bond donors (Lipinski definition) is 3. The Hall–Kier alpha value is -2.31. The number of rotatable bonds is 13. The largest absolute Gasteiger partial charge is 1.00 e. The van der Waals surface area contributed by atoms with Gasteiger partial charge < -0.3 is 12.5 Å². The van der Waals surface area contributed by atoms with E-state index >= 15 is 0 Å². The Morgan fingerprint density at radius 1 is 1.19 bits per heavy atom. The molecule has 1 amide bonds. The number of halogens is 1. The first-order valence-corrected chi connectivity index (χ1v) is 16.2. The molecular formula is C34H45ILiN4O2-3. The van der Waals surface area contributed by atoms with E-state index in [9.17, 15) is 9.90 Å². The molecule has 1 aromatic carbocycles. The topological polar surface area (TPSA) is 77.0 Å². The number of nitrogens with one attached hydrogen (secondary N) is 2. The molecule has 0 fully saturated rings. The summed E-state index contributed by atoms with van der Waals surface area (Å²) < 4.78 is 4.18. The van der Waals surface area contributed by atoms with E-state index in [1.54, 1.807) is 6.08 Å². The van der Waals surface area contributed by atoms with Gasteiger partial charge in [0.2, 0.25) is 0 Å². The number of amides is 1. The summed E-state index contributed by atoms with van der Waals surface area (Å²) in [5, 5.41) is 16.7. The molecule has 42 heavy (non-hydrogen) atoms. The van der Waals surface area contributed by atoms with Crippen molar-refractivity contribution >= 4 is 23.0 Å². The van der Waals surface area contributed by atoms with E-state index in [4.69, 9.17) is 4.99 Å². The Morgan fingerprint density at radius 2 is 1.90 bits per heavy atom. The van der Waals surface area contributed by atoms with Gasteiger partial charge in [-0.3, -0.25) is 0 Å². The van der Waals surface area contributed by atoms with Crippen LogP contribution in [0.15, 0.2) is 96.9 Å². The molecule has 1 aliphatic heterocycles. The van der Waals surface area contributed by atoms with Crippen LogP contribution in [0.2, 0.25) is 0 Å². The van der Waals surface area contributed by atoms with E-state index in [-0.39, 0.29) is 32.2 Å². The number of aliphatic hydroxyl groups is 1. The fourth-order valence-corrected chi connectivity index (χ4v) is 6.22. The molecule has 3 N–H and O–H groups in total. The summed E-state index contributed by atoms with van der Waals surface area (Å²) in [6.07, 6.45) is 14.4. The maximum atomic E-state index is 13.0. The molecule has 3 rings (SSSR count). The number of carbonyl (C=O) groups excluding carboxylic acids is 1. The van der Waals surface area contributed by atoms with Crippen LogP contribution in [-0.2, 0) is 4.79 Å². The Morgan fingerprint density at radius 3 is 2.55 bits per heavy atom. The van der Waals surface area contributed by atoms with Crippen LogP contribution in [-0.4, -0.2) is 42.0 Å². The summed E-state index contributed by atoms with van der Waals surface area (Å²) in [5.74, 6) is 0.679. The number of anilines is 2. The predicted molar refractivity (Wildman–Crippen MR) is 171 cm³/mol. The van der Waals surface area contributed by atoms with Crippen molar-refractivity contribution < 1.29 is 50.0 Å². The maximum Gasteiger partial charge on any atom is 1.00 e. The smallest absolute Gasteiger partial charge is 0.358 e. The van der Waals surface area contributed by atoms with Gasteiger partial charge in [-0.05, 0) is 13.8 Å². The van der Waals surface area contributed by atoms with Crippen LogP contribution >= 0.6 is 0 Å². The van der Waals surface area contributed by atoms with E-state index in [0.717, 1.165) is 54.2 Å². The van der Waals surface area contributed by atoms with Gasteiger partial charge in [0.05, 0.1) is 0 Å².